The zero-order chi connectivity index (χ0) is 24.6. The van der Waals surface area contributed by atoms with Gasteiger partial charge in [-0.2, -0.15) is 0 Å². The minimum absolute atomic E-state index is 0.284. The topological polar surface area (TPSA) is 18.5 Å². The SMILES string of the molecule is Fc1ccc(Oc2ccc3c(c2)c2cc(Oc4ccc(F)cc4)ccc2[s+]3-c2ccc(F)cc2)cc1. The van der Waals surface area contributed by atoms with Crippen molar-refractivity contribution < 1.29 is 22.6 Å². The molecular formula is C30H18F3O2S+. The van der Waals surface area contributed by atoms with Crippen molar-refractivity contribution in [2.24, 2.45) is 0 Å². The molecule has 0 radical (unpaired) electrons. The minimum Gasteiger partial charge on any atom is -0.457 e. The van der Waals surface area contributed by atoms with Gasteiger partial charge >= 0.3 is 0 Å². The summed E-state index contributed by atoms with van der Waals surface area (Å²) in [6, 6.07) is 30.0. The number of rotatable bonds is 5. The van der Waals surface area contributed by atoms with E-state index in [0.29, 0.717) is 23.0 Å². The van der Waals surface area contributed by atoms with Gasteiger partial charge in [0, 0.05) is 34.7 Å². The summed E-state index contributed by atoms with van der Waals surface area (Å²) in [7, 11) is -0.441. The summed E-state index contributed by atoms with van der Waals surface area (Å²) in [5, 5.41) is 1.95. The largest absolute Gasteiger partial charge is 0.457 e. The van der Waals surface area contributed by atoms with Crippen LogP contribution in [0.15, 0.2) is 109 Å². The summed E-state index contributed by atoms with van der Waals surface area (Å²) < 4.78 is 54.4. The second-order valence-corrected chi connectivity index (χ2v) is 10.2. The normalized spacial score (nSPS) is 11.2. The van der Waals surface area contributed by atoms with E-state index in [4.69, 9.17) is 9.47 Å². The minimum atomic E-state index is -0.441. The molecule has 36 heavy (non-hydrogen) atoms. The van der Waals surface area contributed by atoms with Crippen LogP contribution in [0.3, 0.4) is 0 Å². The number of halogens is 3. The van der Waals surface area contributed by atoms with Crippen molar-refractivity contribution in [2.45, 2.75) is 0 Å². The van der Waals surface area contributed by atoms with Crippen LogP contribution < -0.4 is 9.47 Å². The zero-order valence-electron chi connectivity index (χ0n) is 18.8. The fourth-order valence-electron chi connectivity index (χ4n) is 4.14. The third-order valence-corrected chi connectivity index (χ3v) is 8.12. The van der Waals surface area contributed by atoms with Gasteiger partial charge in [0.1, 0.15) is 40.4 Å². The molecule has 1 aromatic heterocycles. The summed E-state index contributed by atoms with van der Waals surface area (Å²) >= 11 is 0. The van der Waals surface area contributed by atoms with Crippen LogP contribution in [-0.2, 0) is 0 Å². The summed E-state index contributed by atoms with van der Waals surface area (Å²) in [4.78, 5) is 0.996. The molecule has 2 nitrogen and oxygen atoms in total. The third-order valence-electron chi connectivity index (χ3n) is 5.78. The number of thiophene rings is 1. The quantitative estimate of drug-likeness (QED) is 0.220. The molecule has 5 aromatic carbocycles. The van der Waals surface area contributed by atoms with Crippen LogP contribution in [0, 0.1) is 17.5 Å². The Hall–Kier alpha value is -4.29. The Kier molecular flexibility index (Phi) is 5.58. The Balaban J connectivity index is 1.50. The van der Waals surface area contributed by atoms with Crippen LogP contribution in [0.5, 0.6) is 23.0 Å². The van der Waals surface area contributed by atoms with E-state index in [1.165, 1.54) is 36.4 Å². The second kappa shape index (κ2) is 9.06. The van der Waals surface area contributed by atoms with E-state index in [1.807, 2.05) is 48.5 Å². The first-order valence-corrected chi connectivity index (χ1v) is 12.4. The van der Waals surface area contributed by atoms with Gasteiger partial charge in [-0.25, -0.2) is 13.2 Å². The zero-order valence-corrected chi connectivity index (χ0v) is 19.6. The maximum absolute atomic E-state index is 13.7. The molecule has 0 fully saturated rings. The number of fused-ring (bicyclic) bond motifs is 3. The maximum Gasteiger partial charge on any atom is 0.188 e. The lowest BCUT2D eigenvalue weighted by Gasteiger charge is -2.06. The monoisotopic (exact) mass is 499 g/mol. The molecule has 0 amide bonds. The van der Waals surface area contributed by atoms with Crippen molar-refractivity contribution >= 4 is 30.6 Å². The lowest BCUT2D eigenvalue weighted by molar-refractivity contribution is 0.481. The number of hydrogen-bond acceptors (Lipinski definition) is 2. The predicted octanol–water partition coefficient (Wildman–Crippen LogP) is 9.73. The van der Waals surface area contributed by atoms with Gasteiger partial charge in [-0.15, -0.1) is 0 Å². The van der Waals surface area contributed by atoms with Gasteiger partial charge in [-0.1, -0.05) is 0 Å². The molecule has 6 rings (SSSR count). The lowest BCUT2D eigenvalue weighted by Crippen LogP contribution is -1.85. The predicted molar refractivity (Wildman–Crippen MR) is 138 cm³/mol. The molecular weight excluding hydrogens is 481 g/mol. The van der Waals surface area contributed by atoms with Crippen LogP contribution >= 0.6 is 10.5 Å². The fourth-order valence-corrected chi connectivity index (χ4v) is 6.48. The Bertz CT molecular complexity index is 1590. The van der Waals surface area contributed by atoms with Gasteiger partial charge < -0.3 is 9.47 Å². The molecule has 0 atom stereocenters. The van der Waals surface area contributed by atoms with Crippen molar-refractivity contribution in [3.8, 4) is 27.9 Å². The van der Waals surface area contributed by atoms with E-state index in [9.17, 15) is 13.2 Å². The molecule has 0 spiro atoms. The van der Waals surface area contributed by atoms with Crippen molar-refractivity contribution in [2.75, 3.05) is 0 Å². The van der Waals surface area contributed by atoms with E-state index in [1.54, 1.807) is 24.3 Å². The van der Waals surface area contributed by atoms with Gasteiger partial charge in [-0.05, 0) is 84.9 Å². The molecule has 0 saturated carbocycles. The molecule has 0 N–H and O–H groups in total. The standard InChI is InChI=1S/C30H18F3O2S/c31-19-1-7-22(8-2-19)34-24-11-15-29-27(17-24)28-18-25(35-23-9-3-20(32)4-10-23)12-16-30(28)36(29)26-13-5-21(33)6-14-26/h1-18H/q+1. The van der Waals surface area contributed by atoms with E-state index < -0.39 is 10.5 Å². The van der Waals surface area contributed by atoms with E-state index >= 15 is 0 Å². The van der Waals surface area contributed by atoms with Crippen LogP contribution in [0.4, 0.5) is 13.2 Å². The Morgan fingerprint density at radius 3 is 1.19 bits per heavy atom. The molecule has 0 saturated heterocycles. The third kappa shape index (κ3) is 4.27. The van der Waals surface area contributed by atoms with Crippen molar-refractivity contribution in [1.29, 1.82) is 0 Å². The van der Waals surface area contributed by atoms with Gasteiger partial charge in [0.2, 0.25) is 0 Å². The molecule has 0 aliphatic heterocycles. The first-order valence-electron chi connectivity index (χ1n) is 11.2. The van der Waals surface area contributed by atoms with E-state index in [0.717, 1.165) is 25.1 Å². The summed E-state index contributed by atoms with van der Waals surface area (Å²) in [6.07, 6.45) is 0. The molecule has 1 heterocycles. The Morgan fingerprint density at radius 1 is 0.417 bits per heavy atom. The molecule has 6 heteroatoms. The average Bonchev–Trinajstić information content (AvgIpc) is 3.20. The molecule has 0 aliphatic carbocycles. The highest BCUT2D eigenvalue weighted by Gasteiger charge is 2.25. The molecule has 176 valence electrons. The first kappa shape index (κ1) is 22.2. The highest BCUT2D eigenvalue weighted by atomic mass is 32.2. The van der Waals surface area contributed by atoms with Crippen LogP contribution in [0.1, 0.15) is 0 Å². The number of benzene rings is 5. The van der Waals surface area contributed by atoms with Gasteiger partial charge in [0.15, 0.2) is 14.3 Å². The van der Waals surface area contributed by atoms with Crippen molar-refractivity contribution in [3.05, 3.63) is 127 Å². The van der Waals surface area contributed by atoms with E-state index in [-0.39, 0.29) is 17.5 Å². The molecule has 0 unspecified atom stereocenters. The first-order chi connectivity index (χ1) is 17.5. The average molecular weight is 500 g/mol. The Morgan fingerprint density at radius 2 is 0.778 bits per heavy atom. The second-order valence-electron chi connectivity index (χ2n) is 8.19. The molecule has 6 aromatic rings. The maximum atomic E-state index is 13.7. The molecule has 0 aliphatic rings. The van der Waals surface area contributed by atoms with Crippen LogP contribution in [0.25, 0.3) is 25.1 Å². The van der Waals surface area contributed by atoms with E-state index in [2.05, 4.69) is 0 Å². The summed E-state index contributed by atoms with van der Waals surface area (Å²) in [5.41, 5.74) is 0. The fraction of sp³-hybridized carbons (Fsp3) is 0. The number of hydrogen-bond donors (Lipinski definition) is 0. The van der Waals surface area contributed by atoms with Crippen molar-refractivity contribution in [1.82, 2.24) is 0 Å². The van der Waals surface area contributed by atoms with Gasteiger partial charge in [-0.3, -0.25) is 0 Å². The van der Waals surface area contributed by atoms with Gasteiger partial charge in [0.05, 0.1) is 10.8 Å². The highest BCUT2D eigenvalue weighted by Crippen LogP contribution is 2.50. The smallest absolute Gasteiger partial charge is 0.188 e. The summed E-state index contributed by atoms with van der Waals surface area (Å²) in [6.45, 7) is 0. The summed E-state index contributed by atoms with van der Waals surface area (Å²) in [5.74, 6) is 1.33. The molecule has 0 bridgehead atoms. The number of ether oxygens (including phenoxy) is 2. The van der Waals surface area contributed by atoms with Crippen LogP contribution in [-0.4, -0.2) is 0 Å². The Labute approximate surface area is 207 Å². The van der Waals surface area contributed by atoms with Crippen molar-refractivity contribution in [3.63, 3.8) is 0 Å². The lowest BCUT2D eigenvalue weighted by atomic mass is 10.1. The highest BCUT2D eigenvalue weighted by molar-refractivity contribution is 7.50. The van der Waals surface area contributed by atoms with Crippen LogP contribution in [0.2, 0.25) is 0 Å². The van der Waals surface area contributed by atoms with Gasteiger partial charge in [0.25, 0.3) is 0 Å².